The van der Waals surface area contributed by atoms with Crippen molar-refractivity contribution in [1.29, 1.82) is 0 Å². The lowest BCUT2D eigenvalue weighted by molar-refractivity contribution is 0.318. The summed E-state index contributed by atoms with van der Waals surface area (Å²) >= 11 is 0. The summed E-state index contributed by atoms with van der Waals surface area (Å²) in [6.45, 7) is 0.744. The van der Waals surface area contributed by atoms with Gasteiger partial charge in [-0.15, -0.1) is 0 Å². The molecule has 0 amide bonds. The van der Waals surface area contributed by atoms with Gasteiger partial charge < -0.3 is 15.8 Å². The van der Waals surface area contributed by atoms with Crippen LogP contribution in [0.1, 0.15) is 11.1 Å². The average Bonchev–Trinajstić information content (AvgIpc) is 2.47. The Kier molecular flexibility index (Phi) is 3.97. The van der Waals surface area contributed by atoms with E-state index < -0.39 is 0 Å². The summed E-state index contributed by atoms with van der Waals surface area (Å²) in [6, 6.07) is 11.5. The lowest BCUT2D eigenvalue weighted by Crippen LogP contribution is -2.18. The van der Waals surface area contributed by atoms with Crippen LogP contribution in [0.3, 0.4) is 0 Å². The first-order chi connectivity index (χ1) is 9.20. The Morgan fingerprint density at radius 2 is 2.21 bits per heavy atom. The van der Waals surface area contributed by atoms with Crippen LogP contribution in [-0.2, 0) is 6.54 Å². The van der Waals surface area contributed by atoms with Crippen molar-refractivity contribution in [2.24, 2.45) is 10.9 Å². The van der Waals surface area contributed by atoms with Crippen LogP contribution in [0.4, 0.5) is 5.69 Å². The summed E-state index contributed by atoms with van der Waals surface area (Å²) in [6.07, 6.45) is 3.59. The number of hydrogen-bond donors (Lipinski definition) is 2. The van der Waals surface area contributed by atoms with Crippen molar-refractivity contribution in [2.45, 2.75) is 6.54 Å². The van der Waals surface area contributed by atoms with Gasteiger partial charge in [-0.3, -0.25) is 4.98 Å². The minimum atomic E-state index is 0.108. The van der Waals surface area contributed by atoms with Gasteiger partial charge in [0.2, 0.25) is 0 Å². The van der Waals surface area contributed by atoms with Crippen LogP contribution in [0.2, 0.25) is 0 Å². The molecule has 0 atom stereocenters. The van der Waals surface area contributed by atoms with E-state index in [0.29, 0.717) is 5.56 Å². The number of rotatable bonds is 4. The van der Waals surface area contributed by atoms with Crippen LogP contribution in [0.25, 0.3) is 0 Å². The van der Waals surface area contributed by atoms with Gasteiger partial charge in [0, 0.05) is 37.2 Å². The summed E-state index contributed by atoms with van der Waals surface area (Å²) in [4.78, 5) is 6.17. The molecule has 0 fully saturated rings. The first-order valence-corrected chi connectivity index (χ1v) is 5.88. The quantitative estimate of drug-likeness (QED) is 0.378. The number of benzene rings is 1. The van der Waals surface area contributed by atoms with Crippen LogP contribution < -0.4 is 10.6 Å². The normalized spacial score (nSPS) is 11.3. The fourth-order valence-corrected chi connectivity index (χ4v) is 1.82. The molecule has 0 radical (unpaired) electrons. The molecule has 0 saturated carbocycles. The number of aromatic nitrogens is 1. The molecule has 1 heterocycles. The van der Waals surface area contributed by atoms with Crippen molar-refractivity contribution in [3.63, 3.8) is 0 Å². The Balaban J connectivity index is 2.17. The van der Waals surface area contributed by atoms with Crippen molar-refractivity contribution in [3.05, 3.63) is 59.9 Å². The van der Waals surface area contributed by atoms with E-state index in [1.807, 2.05) is 43.6 Å². The Morgan fingerprint density at radius 1 is 1.37 bits per heavy atom. The molecule has 3 N–H and O–H groups in total. The molecular formula is C14H16N4O. The van der Waals surface area contributed by atoms with Crippen LogP contribution in [-0.4, -0.2) is 23.1 Å². The smallest absolute Gasteiger partial charge is 0.170 e. The van der Waals surface area contributed by atoms with Crippen LogP contribution in [0, 0.1) is 0 Å². The molecule has 1 aromatic carbocycles. The van der Waals surface area contributed by atoms with E-state index in [-0.39, 0.29) is 5.84 Å². The number of nitrogens with zero attached hydrogens (tertiary/aromatic N) is 3. The summed E-state index contributed by atoms with van der Waals surface area (Å²) in [5.41, 5.74) is 8.40. The molecule has 1 aromatic heterocycles. The van der Waals surface area contributed by atoms with Crippen molar-refractivity contribution in [2.75, 3.05) is 11.9 Å². The second-order valence-electron chi connectivity index (χ2n) is 4.25. The van der Waals surface area contributed by atoms with Gasteiger partial charge in [-0.2, -0.15) is 0 Å². The minimum Gasteiger partial charge on any atom is -0.409 e. The van der Waals surface area contributed by atoms with E-state index in [9.17, 15) is 0 Å². The second kappa shape index (κ2) is 5.86. The van der Waals surface area contributed by atoms with Gasteiger partial charge in [-0.1, -0.05) is 23.4 Å². The highest BCUT2D eigenvalue weighted by molar-refractivity contribution is 5.97. The van der Waals surface area contributed by atoms with Crippen molar-refractivity contribution >= 4 is 11.5 Å². The largest absolute Gasteiger partial charge is 0.409 e. The molecule has 0 bridgehead atoms. The third kappa shape index (κ3) is 3.22. The SMILES string of the molecule is CN(Cc1cccnc1)c1cccc(C(N)=NO)c1. The number of pyridine rings is 1. The monoisotopic (exact) mass is 256 g/mol. The zero-order valence-electron chi connectivity index (χ0n) is 10.7. The number of oxime groups is 1. The molecule has 0 saturated heterocycles. The van der Waals surface area contributed by atoms with Gasteiger partial charge in [0.1, 0.15) is 0 Å². The predicted octanol–water partition coefficient (Wildman–Crippen LogP) is 1.81. The van der Waals surface area contributed by atoms with Gasteiger partial charge in [0.05, 0.1) is 0 Å². The molecule has 0 aliphatic rings. The van der Waals surface area contributed by atoms with Gasteiger partial charge >= 0.3 is 0 Å². The summed E-state index contributed by atoms with van der Waals surface area (Å²) in [7, 11) is 1.98. The molecular weight excluding hydrogens is 240 g/mol. The fraction of sp³-hybridized carbons (Fsp3) is 0.143. The third-order valence-electron chi connectivity index (χ3n) is 2.83. The van der Waals surface area contributed by atoms with Gasteiger partial charge in [-0.05, 0) is 23.8 Å². The van der Waals surface area contributed by atoms with Crippen LogP contribution in [0.15, 0.2) is 53.9 Å². The summed E-state index contributed by atoms with van der Waals surface area (Å²) in [5, 5.41) is 11.7. The number of nitrogens with two attached hydrogens (primary N) is 1. The van der Waals surface area contributed by atoms with Crippen LogP contribution in [0.5, 0.6) is 0 Å². The molecule has 0 unspecified atom stereocenters. The first kappa shape index (κ1) is 12.9. The van der Waals surface area contributed by atoms with Crippen molar-refractivity contribution in [3.8, 4) is 0 Å². The van der Waals surface area contributed by atoms with E-state index in [4.69, 9.17) is 10.9 Å². The van der Waals surface area contributed by atoms with E-state index in [1.165, 1.54) is 0 Å². The van der Waals surface area contributed by atoms with Crippen molar-refractivity contribution < 1.29 is 5.21 Å². The Morgan fingerprint density at radius 3 is 2.89 bits per heavy atom. The molecule has 5 nitrogen and oxygen atoms in total. The van der Waals surface area contributed by atoms with E-state index >= 15 is 0 Å². The maximum Gasteiger partial charge on any atom is 0.170 e. The first-order valence-electron chi connectivity index (χ1n) is 5.88. The van der Waals surface area contributed by atoms with Crippen LogP contribution >= 0.6 is 0 Å². The molecule has 0 aliphatic heterocycles. The third-order valence-corrected chi connectivity index (χ3v) is 2.83. The lowest BCUT2D eigenvalue weighted by Gasteiger charge is -2.19. The highest BCUT2D eigenvalue weighted by Gasteiger charge is 2.05. The zero-order chi connectivity index (χ0) is 13.7. The van der Waals surface area contributed by atoms with Gasteiger partial charge in [0.25, 0.3) is 0 Å². The highest BCUT2D eigenvalue weighted by Crippen LogP contribution is 2.17. The number of anilines is 1. The minimum absolute atomic E-state index is 0.108. The molecule has 2 rings (SSSR count). The van der Waals surface area contributed by atoms with E-state index in [1.54, 1.807) is 12.3 Å². The molecule has 2 aromatic rings. The average molecular weight is 256 g/mol. The standard InChI is InChI=1S/C14H16N4O/c1-18(10-11-4-3-7-16-9-11)13-6-2-5-12(8-13)14(15)17-19/h2-9,19H,10H2,1H3,(H2,15,17). The lowest BCUT2D eigenvalue weighted by atomic mass is 10.1. The Bertz CT molecular complexity index is 569. The molecule has 19 heavy (non-hydrogen) atoms. The summed E-state index contributed by atoms with van der Waals surface area (Å²) in [5.74, 6) is 0.108. The maximum atomic E-state index is 8.69. The maximum absolute atomic E-state index is 8.69. The Labute approximate surface area is 112 Å². The molecule has 0 spiro atoms. The highest BCUT2D eigenvalue weighted by atomic mass is 16.4. The fourth-order valence-electron chi connectivity index (χ4n) is 1.82. The van der Waals surface area contributed by atoms with Gasteiger partial charge in [0.15, 0.2) is 5.84 Å². The predicted molar refractivity (Wildman–Crippen MR) is 75.3 cm³/mol. The topological polar surface area (TPSA) is 74.7 Å². The van der Waals surface area contributed by atoms with Crippen molar-refractivity contribution in [1.82, 2.24) is 4.98 Å². The second-order valence-corrected chi connectivity index (χ2v) is 4.25. The molecule has 0 aliphatic carbocycles. The Hall–Kier alpha value is -2.56. The molecule has 5 heteroatoms. The van der Waals surface area contributed by atoms with E-state index in [2.05, 4.69) is 15.0 Å². The molecule has 98 valence electrons. The van der Waals surface area contributed by atoms with E-state index in [0.717, 1.165) is 17.8 Å². The zero-order valence-corrected chi connectivity index (χ0v) is 10.7. The summed E-state index contributed by atoms with van der Waals surface area (Å²) < 4.78 is 0. The number of amidine groups is 1. The number of hydrogen-bond acceptors (Lipinski definition) is 4. The van der Waals surface area contributed by atoms with Gasteiger partial charge in [-0.25, -0.2) is 0 Å².